The highest BCUT2D eigenvalue weighted by Crippen LogP contribution is 2.28. The van der Waals surface area contributed by atoms with E-state index in [0.717, 1.165) is 24.9 Å². The number of piperidine rings is 1. The molecule has 4 rings (SSSR count). The van der Waals surface area contributed by atoms with Crippen molar-refractivity contribution in [1.82, 2.24) is 15.0 Å². The molecule has 40 heavy (non-hydrogen) atoms. The molecular weight excluding hydrogens is 514 g/mol. The van der Waals surface area contributed by atoms with Crippen LogP contribution in [0.1, 0.15) is 45.6 Å². The molecule has 1 fully saturated rings. The molecule has 1 aliphatic heterocycles. The number of benzene rings is 1. The van der Waals surface area contributed by atoms with Crippen LogP contribution in [0.5, 0.6) is 17.4 Å². The van der Waals surface area contributed by atoms with Crippen molar-refractivity contribution in [2.24, 2.45) is 0 Å². The molecule has 11 heteroatoms. The summed E-state index contributed by atoms with van der Waals surface area (Å²) in [5.41, 5.74) is -0.402. The van der Waals surface area contributed by atoms with Gasteiger partial charge in [0, 0.05) is 19.2 Å². The van der Waals surface area contributed by atoms with Crippen LogP contribution in [0.15, 0.2) is 55.0 Å². The van der Waals surface area contributed by atoms with E-state index in [1.807, 2.05) is 31.2 Å². The van der Waals surface area contributed by atoms with Gasteiger partial charge in [0.05, 0.1) is 25.5 Å². The van der Waals surface area contributed by atoms with Crippen molar-refractivity contribution in [2.75, 3.05) is 29.9 Å². The number of carboxylic acids is 1. The van der Waals surface area contributed by atoms with Gasteiger partial charge in [-0.1, -0.05) is 12.1 Å². The number of hydrogen-bond donors (Lipinski definition) is 2. The van der Waals surface area contributed by atoms with Crippen LogP contribution in [0.3, 0.4) is 0 Å². The first-order valence-corrected chi connectivity index (χ1v) is 13.4. The number of carbonyl (C=O) groups excluding carboxylic acids is 1. The summed E-state index contributed by atoms with van der Waals surface area (Å²) in [6.07, 6.45) is 7.35. The van der Waals surface area contributed by atoms with Crippen molar-refractivity contribution in [3.63, 3.8) is 0 Å². The maximum absolute atomic E-state index is 12.6. The highest BCUT2D eigenvalue weighted by atomic mass is 16.5. The Kier molecular flexibility index (Phi) is 9.36. The van der Waals surface area contributed by atoms with E-state index in [9.17, 15) is 14.7 Å². The van der Waals surface area contributed by atoms with Crippen LogP contribution < -0.4 is 24.4 Å². The molecule has 1 atom stereocenters. The lowest BCUT2D eigenvalue weighted by molar-refractivity contribution is -0.152. The number of nitrogens with one attached hydrogen (secondary N) is 1. The predicted molar refractivity (Wildman–Crippen MR) is 149 cm³/mol. The topological polar surface area (TPSA) is 136 Å². The number of aliphatic carboxylic acids is 1. The Bertz CT molecular complexity index is 1300. The molecule has 0 aliphatic carbocycles. The second kappa shape index (κ2) is 13.1. The number of aryl methyl sites for hydroxylation is 1. The number of hydrogen-bond acceptors (Lipinski definition) is 9. The van der Waals surface area contributed by atoms with Gasteiger partial charge < -0.3 is 29.5 Å². The Morgan fingerprint density at radius 1 is 1.18 bits per heavy atom. The SMILES string of the molecule is CCOc1cccnc1O[C@@H]1CCCN(c2cncc(NC(=O)CCc3ccc(OC(C)(C)C(=O)O)cc3)n2)C1. The van der Waals surface area contributed by atoms with Crippen LogP contribution in [0.25, 0.3) is 0 Å². The molecule has 1 saturated heterocycles. The summed E-state index contributed by atoms with van der Waals surface area (Å²) in [6, 6.07) is 10.7. The van der Waals surface area contributed by atoms with Crippen molar-refractivity contribution < 1.29 is 28.9 Å². The molecule has 1 amide bonds. The third kappa shape index (κ3) is 7.81. The minimum absolute atomic E-state index is 0.0881. The summed E-state index contributed by atoms with van der Waals surface area (Å²) in [4.78, 5) is 39.2. The monoisotopic (exact) mass is 549 g/mol. The molecule has 3 heterocycles. The van der Waals surface area contributed by atoms with Crippen molar-refractivity contribution in [3.05, 3.63) is 60.6 Å². The number of ether oxygens (including phenoxy) is 3. The van der Waals surface area contributed by atoms with Gasteiger partial charge in [0.2, 0.25) is 5.91 Å². The van der Waals surface area contributed by atoms with E-state index in [1.165, 1.54) is 20.0 Å². The minimum Gasteiger partial charge on any atom is -0.488 e. The Balaban J connectivity index is 1.30. The third-order valence-electron chi connectivity index (χ3n) is 6.36. The van der Waals surface area contributed by atoms with E-state index in [4.69, 9.17) is 14.2 Å². The van der Waals surface area contributed by atoms with E-state index < -0.39 is 11.6 Å². The molecule has 3 aromatic rings. The Morgan fingerprint density at radius 2 is 1.98 bits per heavy atom. The van der Waals surface area contributed by atoms with Crippen molar-refractivity contribution >= 4 is 23.5 Å². The molecule has 2 N–H and O–H groups in total. The highest BCUT2D eigenvalue weighted by molar-refractivity contribution is 5.89. The van der Waals surface area contributed by atoms with Gasteiger partial charge in [-0.2, -0.15) is 0 Å². The van der Waals surface area contributed by atoms with Crippen molar-refractivity contribution in [2.45, 2.75) is 58.2 Å². The van der Waals surface area contributed by atoms with Gasteiger partial charge in [-0.25, -0.2) is 14.8 Å². The van der Waals surface area contributed by atoms with Crippen LogP contribution in [0, 0.1) is 0 Å². The summed E-state index contributed by atoms with van der Waals surface area (Å²) in [6.45, 7) is 6.84. The van der Waals surface area contributed by atoms with Gasteiger partial charge in [0.25, 0.3) is 5.88 Å². The number of anilines is 2. The first kappa shape index (κ1) is 28.6. The molecule has 0 bridgehead atoms. The summed E-state index contributed by atoms with van der Waals surface area (Å²) in [5, 5.41) is 12.0. The Labute approximate surface area is 233 Å². The maximum atomic E-state index is 12.6. The van der Waals surface area contributed by atoms with Crippen molar-refractivity contribution in [3.8, 4) is 17.4 Å². The van der Waals surface area contributed by atoms with Gasteiger partial charge in [-0.15, -0.1) is 0 Å². The molecule has 0 spiro atoms. The minimum atomic E-state index is -1.33. The second-order valence-electron chi connectivity index (χ2n) is 9.94. The zero-order valence-electron chi connectivity index (χ0n) is 23.0. The lowest BCUT2D eigenvalue weighted by Gasteiger charge is -2.33. The molecule has 2 aromatic heterocycles. The quantitative estimate of drug-likeness (QED) is 0.339. The molecular formula is C29H35N5O6. The number of nitrogens with zero attached hydrogens (tertiary/aromatic N) is 4. The smallest absolute Gasteiger partial charge is 0.347 e. The molecule has 0 radical (unpaired) electrons. The number of pyridine rings is 1. The summed E-state index contributed by atoms with van der Waals surface area (Å²) < 4.78 is 17.3. The van der Waals surface area contributed by atoms with Crippen LogP contribution in [-0.2, 0) is 16.0 Å². The van der Waals surface area contributed by atoms with Gasteiger partial charge >= 0.3 is 5.97 Å². The van der Waals surface area contributed by atoms with Crippen LogP contribution in [0.4, 0.5) is 11.6 Å². The van der Waals surface area contributed by atoms with Crippen LogP contribution >= 0.6 is 0 Å². The fourth-order valence-corrected chi connectivity index (χ4v) is 4.22. The average Bonchev–Trinajstić information content (AvgIpc) is 2.94. The van der Waals surface area contributed by atoms with Crippen LogP contribution in [0.2, 0.25) is 0 Å². The summed E-state index contributed by atoms with van der Waals surface area (Å²) >= 11 is 0. The van der Waals surface area contributed by atoms with E-state index in [2.05, 4.69) is 25.2 Å². The van der Waals surface area contributed by atoms with E-state index in [0.29, 0.717) is 48.6 Å². The Hall–Kier alpha value is -4.41. The van der Waals surface area contributed by atoms with Gasteiger partial charge in [-0.3, -0.25) is 9.78 Å². The molecule has 11 nitrogen and oxygen atoms in total. The molecule has 0 unspecified atom stereocenters. The number of carboxylic acid groups (broad SMARTS) is 1. The lowest BCUT2D eigenvalue weighted by Crippen LogP contribution is -2.41. The zero-order chi connectivity index (χ0) is 28.5. The number of amides is 1. The predicted octanol–water partition coefficient (Wildman–Crippen LogP) is 4.13. The maximum Gasteiger partial charge on any atom is 0.347 e. The lowest BCUT2D eigenvalue weighted by atomic mass is 10.1. The standard InChI is InChI=1S/C29H35N5O6/c1-4-38-23-8-5-15-31-27(23)39-22-7-6-16-34(19-22)25-18-30-17-24(32-25)33-26(35)14-11-20-9-12-21(13-10-20)40-29(2,3)28(36)37/h5,8-10,12-13,15,17-18,22H,4,6-7,11,14,16,19H2,1-3H3,(H,36,37)(H,32,33,35)/t22-/m1/s1. The van der Waals surface area contributed by atoms with Gasteiger partial charge in [0.1, 0.15) is 17.7 Å². The van der Waals surface area contributed by atoms with Gasteiger partial charge in [-0.05, 0) is 69.9 Å². The summed E-state index contributed by atoms with van der Waals surface area (Å²) in [5.74, 6) is 1.37. The number of rotatable bonds is 12. The number of aromatic nitrogens is 3. The number of carbonyl (C=O) groups is 2. The third-order valence-corrected chi connectivity index (χ3v) is 6.36. The first-order chi connectivity index (χ1) is 19.2. The molecule has 1 aliphatic rings. The summed E-state index contributed by atoms with van der Waals surface area (Å²) in [7, 11) is 0. The first-order valence-electron chi connectivity index (χ1n) is 13.4. The van der Waals surface area contributed by atoms with Gasteiger partial charge in [0.15, 0.2) is 17.2 Å². The fourth-order valence-electron chi connectivity index (χ4n) is 4.22. The largest absolute Gasteiger partial charge is 0.488 e. The molecule has 0 saturated carbocycles. The zero-order valence-corrected chi connectivity index (χ0v) is 23.0. The molecule has 1 aromatic carbocycles. The van der Waals surface area contributed by atoms with Crippen molar-refractivity contribution in [1.29, 1.82) is 0 Å². The van der Waals surface area contributed by atoms with Crippen LogP contribution in [-0.4, -0.2) is 63.3 Å². The highest BCUT2D eigenvalue weighted by Gasteiger charge is 2.29. The fraction of sp³-hybridized carbons (Fsp3) is 0.414. The normalized spacial score (nSPS) is 15.3. The Morgan fingerprint density at radius 3 is 2.73 bits per heavy atom. The van der Waals surface area contributed by atoms with E-state index in [-0.39, 0.29) is 18.4 Å². The molecule has 212 valence electrons. The van der Waals surface area contributed by atoms with E-state index >= 15 is 0 Å². The average molecular weight is 550 g/mol. The van der Waals surface area contributed by atoms with E-state index in [1.54, 1.807) is 24.5 Å². The second-order valence-corrected chi connectivity index (χ2v) is 9.94.